The molecule has 0 bridgehead atoms. The molecular weight excluding hydrogens is 238 g/mol. The van der Waals surface area contributed by atoms with Crippen LogP contribution in [0.4, 0.5) is 5.13 Å². The predicted octanol–water partition coefficient (Wildman–Crippen LogP) is 1.01. The fourth-order valence-corrected chi connectivity index (χ4v) is 2.44. The zero-order chi connectivity index (χ0) is 11.8. The Labute approximate surface area is 102 Å². The Morgan fingerprint density at radius 2 is 2.35 bits per heavy atom. The van der Waals surface area contributed by atoms with Crippen LogP contribution in [0.3, 0.4) is 0 Å². The first-order valence-electron chi connectivity index (χ1n) is 5.27. The quantitative estimate of drug-likeness (QED) is 0.832. The molecule has 17 heavy (non-hydrogen) atoms. The zero-order valence-electron chi connectivity index (χ0n) is 8.97. The van der Waals surface area contributed by atoms with Crippen LogP contribution in [0.25, 0.3) is 10.2 Å². The van der Waals surface area contributed by atoms with Gasteiger partial charge in [0.1, 0.15) is 0 Å². The lowest BCUT2D eigenvalue weighted by Gasteiger charge is -2.26. The number of carbonyl (C=O) groups is 1. The lowest BCUT2D eigenvalue weighted by Crippen LogP contribution is -2.48. The molecule has 0 saturated carbocycles. The summed E-state index contributed by atoms with van der Waals surface area (Å²) in [6.07, 6.45) is 0. The van der Waals surface area contributed by atoms with Crippen LogP contribution < -0.4 is 11.1 Å². The first kappa shape index (κ1) is 10.5. The van der Waals surface area contributed by atoms with Crippen LogP contribution in [0.1, 0.15) is 10.4 Å². The maximum Gasteiger partial charge on any atom is 0.251 e. The van der Waals surface area contributed by atoms with Crippen LogP contribution in [0.2, 0.25) is 0 Å². The first-order chi connectivity index (χ1) is 8.22. The summed E-state index contributed by atoms with van der Waals surface area (Å²) in [7, 11) is 0. The number of amides is 1. The van der Waals surface area contributed by atoms with Crippen LogP contribution in [0.15, 0.2) is 18.2 Å². The molecule has 1 saturated heterocycles. The van der Waals surface area contributed by atoms with Gasteiger partial charge in [-0.25, -0.2) is 4.98 Å². The van der Waals surface area contributed by atoms with Gasteiger partial charge in [-0.05, 0) is 18.2 Å². The summed E-state index contributed by atoms with van der Waals surface area (Å²) in [5.74, 6) is -0.0767. The smallest absolute Gasteiger partial charge is 0.251 e. The largest absolute Gasteiger partial charge is 0.377 e. The number of thiazole rings is 1. The number of rotatable bonds is 2. The highest BCUT2D eigenvalue weighted by molar-refractivity contribution is 7.22. The number of nitrogen functional groups attached to an aromatic ring is 1. The molecule has 2 heterocycles. The average molecular weight is 249 g/mol. The Balaban J connectivity index is 1.85. The third kappa shape index (κ3) is 1.96. The van der Waals surface area contributed by atoms with E-state index >= 15 is 0 Å². The van der Waals surface area contributed by atoms with Crippen LogP contribution in [-0.2, 0) is 4.74 Å². The minimum absolute atomic E-state index is 0.0767. The molecule has 1 amide bonds. The fourth-order valence-electron chi connectivity index (χ4n) is 1.67. The molecule has 88 valence electrons. The summed E-state index contributed by atoms with van der Waals surface area (Å²) in [4.78, 5) is 16.0. The van der Waals surface area contributed by atoms with Crippen LogP contribution in [0, 0.1) is 0 Å². The molecular formula is C11H11N3O2S. The van der Waals surface area contributed by atoms with E-state index in [1.54, 1.807) is 6.07 Å². The molecule has 5 nitrogen and oxygen atoms in total. The molecule has 0 spiro atoms. The Hall–Kier alpha value is -1.66. The van der Waals surface area contributed by atoms with Gasteiger partial charge in [0.25, 0.3) is 5.91 Å². The summed E-state index contributed by atoms with van der Waals surface area (Å²) in [5.41, 5.74) is 7.08. The second kappa shape index (κ2) is 3.97. The van der Waals surface area contributed by atoms with Crippen molar-refractivity contribution in [3.8, 4) is 0 Å². The maximum atomic E-state index is 11.9. The van der Waals surface area contributed by atoms with E-state index in [1.165, 1.54) is 11.3 Å². The molecule has 3 N–H and O–H groups in total. The minimum atomic E-state index is -0.0767. The third-order valence-electron chi connectivity index (χ3n) is 2.64. The number of nitrogens with zero attached hydrogens (tertiary/aromatic N) is 1. The van der Waals surface area contributed by atoms with Crippen LogP contribution >= 0.6 is 11.3 Å². The van der Waals surface area contributed by atoms with Gasteiger partial charge in [0.05, 0.1) is 29.5 Å². The Morgan fingerprint density at radius 1 is 1.53 bits per heavy atom. The molecule has 1 aromatic carbocycles. The monoisotopic (exact) mass is 249 g/mol. The number of anilines is 1. The topological polar surface area (TPSA) is 77.2 Å². The van der Waals surface area contributed by atoms with E-state index < -0.39 is 0 Å². The normalized spacial score (nSPS) is 15.8. The molecule has 1 aromatic heterocycles. The molecule has 1 aliphatic heterocycles. The zero-order valence-corrected chi connectivity index (χ0v) is 9.79. The molecule has 1 aliphatic rings. The van der Waals surface area contributed by atoms with Gasteiger partial charge in [0.15, 0.2) is 5.13 Å². The first-order valence-corrected chi connectivity index (χ1v) is 6.09. The van der Waals surface area contributed by atoms with Gasteiger partial charge in [-0.15, -0.1) is 0 Å². The fraction of sp³-hybridized carbons (Fsp3) is 0.273. The van der Waals surface area contributed by atoms with Crippen molar-refractivity contribution < 1.29 is 9.53 Å². The molecule has 0 aliphatic carbocycles. The highest BCUT2D eigenvalue weighted by atomic mass is 32.1. The number of nitrogens with one attached hydrogen (secondary N) is 1. The summed E-state index contributed by atoms with van der Waals surface area (Å²) >= 11 is 1.38. The second-order valence-corrected chi connectivity index (χ2v) is 5.00. The van der Waals surface area contributed by atoms with Crippen molar-refractivity contribution in [3.63, 3.8) is 0 Å². The van der Waals surface area contributed by atoms with E-state index in [9.17, 15) is 4.79 Å². The Bertz CT molecular complexity index is 577. The number of aromatic nitrogens is 1. The lowest BCUT2D eigenvalue weighted by molar-refractivity contribution is -0.00346. The van der Waals surface area contributed by atoms with E-state index in [1.807, 2.05) is 12.1 Å². The van der Waals surface area contributed by atoms with Crippen LogP contribution in [-0.4, -0.2) is 30.1 Å². The van der Waals surface area contributed by atoms with Gasteiger partial charge in [-0.1, -0.05) is 11.3 Å². The van der Waals surface area contributed by atoms with Crippen molar-refractivity contribution in [2.24, 2.45) is 0 Å². The Morgan fingerprint density at radius 3 is 3.06 bits per heavy atom. The van der Waals surface area contributed by atoms with Gasteiger partial charge in [0.2, 0.25) is 0 Å². The van der Waals surface area contributed by atoms with Gasteiger partial charge in [-0.2, -0.15) is 0 Å². The standard InChI is InChI=1S/C11H11N3O2S/c12-11-14-8-2-1-6(3-9(8)17-11)10(15)13-7-4-16-5-7/h1-3,7H,4-5H2,(H2,12,14)(H,13,15). The number of benzene rings is 1. The number of fused-ring (bicyclic) bond motifs is 1. The maximum absolute atomic E-state index is 11.9. The Kier molecular flexibility index (Phi) is 2.45. The second-order valence-electron chi connectivity index (χ2n) is 3.94. The molecule has 1 fully saturated rings. The SMILES string of the molecule is Nc1nc2ccc(C(=O)NC3COC3)cc2s1. The summed E-state index contributed by atoms with van der Waals surface area (Å²) in [5, 5.41) is 3.41. The molecule has 6 heteroatoms. The number of carbonyl (C=O) groups excluding carboxylic acids is 1. The van der Waals surface area contributed by atoms with Crippen molar-refractivity contribution in [3.05, 3.63) is 23.8 Å². The summed E-state index contributed by atoms with van der Waals surface area (Å²) in [6, 6.07) is 5.54. The molecule has 0 atom stereocenters. The van der Waals surface area contributed by atoms with Gasteiger partial charge in [0, 0.05) is 5.56 Å². The van der Waals surface area contributed by atoms with Crippen LogP contribution in [0.5, 0.6) is 0 Å². The number of hydrogen-bond donors (Lipinski definition) is 2. The van der Waals surface area contributed by atoms with Gasteiger partial charge < -0.3 is 15.8 Å². The van der Waals surface area contributed by atoms with Crippen molar-refractivity contribution >= 4 is 32.6 Å². The van der Waals surface area contributed by atoms with Crippen molar-refractivity contribution in [2.75, 3.05) is 18.9 Å². The lowest BCUT2D eigenvalue weighted by atomic mass is 10.1. The van der Waals surface area contributed by atoms with E-state index in [4.69, 9.17) is 10.5 Å². The summed E-state index contributed by atoms with van der Waals surface area (Å²) < 4.78 is 5.94. The average Bonchev–Trinajstić information content (AvgIpc) is 2.62. The molecule has 0 unspecified atom stereocenters. The van der Waals surface area contributed by atoms with Gasteiger partial charge >= 0.3 is 0 Å². The number of hydrogen-bond acceptors (Lipinski definition) is 5. The van der Waals surface area contributed by atoms with Crippen molar-refractivity contribution in [1.82, 2.24) is 10.3 Å². The highest BCUT2D eigenvalue weighted by Gasteiger charge is 2.21. The molecule has 0 radical (unpaired) electrons. The van der Waals surface area contributed by atoms with E-state index in [0.29, 0.717) is 23.9 Å². The van der Waals surface area contributed by atoms with E-state index in [2.05, 4.69) is 10.3 Å². The van der Waals surface area contributed by atoms with Crippen molar-refractivity contribution in [1.29, 1.82) is 0 Å². The molecule has 2 aromatic rings. The number of nitrogens with two attached hydrogens (primary N) is 1. The van der Waals surface area contributed by atoms with Gasteiger partial charge in [-0.3, -0.25) is 4.79 Å². The van der Waals surface area contributed by atoms with Crippen molar-refractivity contribution in [2.45, 2.75) is 6.04 Å². The third-order valence-corrected chi connectivity index (χ3v) is 3.49. The van der Waals surface area contributed by atoms with E-state index in [-0.39, 0.29) is 11.9 Å². The summed E-state index contributed by atoms with van der Waals surface area (Å²) in [6.45, 7) is 1.20. The number of ether oxygens (including phenoxy) is 1. The van der Waals surface area contributed by atoms with E-state index in [0.717, 1.165) is 10.2 Å². The highest BCUT2D eigenvalue weighted by Crippen LogP contribution is 2.24. The predicted molar refractivity (Wildman–Crippen MR) is 66.1 cm³/mol. The minimum Gasteiger partial charge on any atom is -0.377 e. The molecule has 3 rings (SSSR count).